The Kier molecular flexibility index (Phi) is 6.75. The molecule has 0 bridgehead atoms. The highest BCUT2D eigenvalue weighted by Gasteiger charge is 2.19. The van der Waals surface area contributed by atoms with Gasteiger partial charge in [-0.3, -0.25) is 0 Å². The van der Waals surface area contributed by atoms with Crippen LogP contribution in [0.2, 0.25) is 0 Å². The first kappa shape index (κ1) is 18.7. The lowest BCUT2D eigenvalue weighted by Crippen LogP contribution is -2.16. The van der Waals surface area contributed by atoms with Crippen LogP contribution in [0.1, 0.15) is 53.0 Å². The summed E-state index contributed by atoms with van der Waals surface area (Å²) in [4.78, 5) is 24.7. The summed E-state index contributed by atoms with van der Waals surface area (Å²) in [5.74, 6) is -0.0544. The third-order valence-electron chi connectivity index (χ3n) is 3.73. The van der Waals surface area contributed by atoms with Crippen LogP contribution in [0.3, 0.4) is 0 Å². The van der Waals surface area contributed by atoms with Gasteiger partial charge in [-0.05, 0) is 55.5 Å². The SMILES string of the molecule is Cc1cccc(OC(=O)c2ccccc2C(=O)OCCCC(C)C)c1. The first-order chi connectivity index (χ1) is 12.0. The van der Waals surface area contributed by atoms with Gasteiger partial charge in [-0.2, -0.15) is 0 Å². The van der Waals surface area contributed by atoms with E-state index in [1.807, 2.05) is 19.1 Å². The quantitative estimate of drug-likeness (QED) is 0.412. The molecule has 0 saturated heterocycles. The maximum absolute atomic E-state index is 12.4. The number of hydrogen-bond donors (Lipinski definition) is 0. The standard InChI is InChI=1S/C21H24O4/c1-15(2)8-7-13-24-20(22)18-11-4-5-12-19(18)21(23)25-17-10-6-9-16(3)14-17/h4-6,9-12,14-15H,7-8,13H2,1-3H3. The second-order valence-electron chi connectivity index (χ2n) is 6.42. The van der Waals surface area contributed by atoms with Gasteiger partial charge in [0.15, 0.2) is 0 Å². The van der Waals surface area contributed by atoms with E-state index in [4.69, 9.17) is 9.47 Å². The van der Waals surface area contributed by atoms with Crippen LogP contribution in [0, 0.1) is 12.8 Å². The molecule has 0 heterocycles. The number of esters is 2. The van der Waals surface area contributed by atoms with E-state index < -0.39 is 11.9 Å². The van der Waals surface area contributed by atoms with Crippen LogP contribution in [0.25, 0.3) is 0 Å². The zero-order valence-electron chi connectivity index (χ0n) is 15.0. The normalized spacial score (nSPS) is 10.6. The molecule has 4 heteroatoms. The van der Waals surface area contributed by atoms with Gasteiger partial charge in [-0.15, -0.1) is 0 Å². The lowest BCUT2D eigenvalue weighted by Gasteiger charge is -2.10. The number of benzene rings is 2. The predicted octanol–water partition coefficient (Wildman–Crippen LogP) is 4.81. The second kappa shape index (κ2) is 9.02. The van der Waals surface area contributed by atoms with Crippen LogP contribution < -0.4 is 4.74 Å². The summed E-state index contributed by atoms with van der Waals surface area (Å²) in [6.45, 7) is 6.51. The first-order valence-electron chi connectivity index (χ1n) is 8.52. The average molecular weight is 340 g/mol. The third kappa shape index (κ3) is 5.75. The molecule has 0 aliphatic heterocycles. The Hall–Kier alpha value is -2.62. The van der Waals surface area contributed by atoms with Gasteiger partial charge in [0.25, 0.3) is 0 Å². The van der Waals surface area contributed by atoms with E-state index in [0.29, 0.717) is 18.3 Å². The lowest BCUT2D eigenvalue weighted by atomic mass is 10.1. The molecular weight excluding hydrogens is 316 g/mol. The molecular formula is C21H24O4. The van der Waals surface area contributed by atoms with Crippen molar-refractivity contribution in [1.29, 1.82) is 0 Å². The van der Waals surface area contributed by atoms with Gasteiger partial charge in [-0.25, -0.2) is 9.59 Å². The van der Waals surface area contributed by atoms with Crippen LogP contribution in [0.5, 0.6) is 5.75 Å². The second-order valence-corrected chi connectivity index (χ2v) is 6.42. The van der Waals surface area contributed by atoms with Crippen LogP contribution in [0.15, 0.2) is 48.5 Å². The Morgan fingerprint density at radius 2 is 1.64 bits per heavy atom. The molecule has 0 saturated carbocycles. The molecule has 2 aromatic carbocycles. The van der Waals surface area contributed by atoms with Crippen molar-refractivity contribution in [2.75, 3.05) is 6.61 Å². The van der Waals surface area contributed by atoms with Gasteiger partial charge >= 0.3 is 11.9 Å². The van der Waals surface area contributed by atoms with Gasteiger partial charge < -0.3 is 9.47 Å². The summed E-state index contributed by atoms with van der Waals surface area (Å²) in [6.07, 6.45) is 1.80. The molecule has 25 heavy (non-hydrogen) atoms. The van der Waals surface area contributed by atoms with E-state index in [9.17, 15) is 9.59 Å². The molecule has 0 fully saturated rings. The fourth-order valence-corrected chi connectivity index (χ4v) is 2.41. The van der Waals surface area contributed by atoms with Gasteiger partial charge in [-0.1, -0.05) is 38.1 Å². The molecule has 2 aromatic rings. The van der Waals surface area contributed by atoms with Crippen molar-refractivity contribution < 1.29 is 19.1 Å². The van der Waals surface area contributed by atoms with Crippen molar-refractivity contribution in [2.24, 2.45) is 5.92 Å². The van der Waals surface area contributed by atoms with Gasteiger partial charge in [0.1, 0.15) is 5.75 Å². The minimum absolute atomic E-state index is 0.206. The highest BCUT2D eigenvalue weighted by Crippen LogP contribution is 2.17. The molecule has 132 valence electrons. The Morgan fingerprint density at radius 1 is 0.960 bits per heavy atom. The van der Waals surface area contributed by atoms with Crippen molar-refractivity contribution in [1.82, 2.24) is 0 Å². The van der Waals surface area contributed by atoms with E-state index in [1.54, 1.807) is 36.4 Å². The van der Waals surface area contributed by atoms with Crippen LogP contribution in [-0.4, -0.2) is 18.5 Å². The molecule has 0 atom stereocenters. The van der Waals surface area contributed by atoms with Crippen molar-refractivity contribution in [3.63, 3.8) is 0 Å². The minimum atomic E-state index is -0.569. The molecule has 0 N–H and O–H groups in total. The zero-order chi connectivity index (χ0) is 18.2. The first-order valence-corrected chi connectivity index (χ1v) is 8.52. The zero-order valence-corrected chi connectivity index (χ0v) is 15.0. The monoisotopic (exact) mass is 340 g/mol. The van der Waals surface area contributed by atoms with Crippen molar-refractivity contribution in [3.8, 4) is 5.75 Å². The fraction of sp³-hybridized carbons (Fsp3) is 0.333. The Morgan fingerprint density at radius 3 is 2.28 bits per heavy atom. The van der Waals surface area contributed by atoms with Gasteiger partial charge in [0.05, 0.1) is 17.7 Å². The molecule has 0 aliphatic carbocycles. The lowest BCUT2D eigenvalue weighted by molar-refractivity contribution is 0.0486. The van der Waals surface area contributed by atoms with Crippen molar-refractivity contribution in [3.05, 3.63) is 65.2 Å². The third-order valence-corrected chi connectivity index (χ3v) is 3.73. The van der Waals surface area contributed by atoms with Gasteiger partial charge in [0.2, 0.25) is 0 Å². The number of hydrogen-bond acceptors (Lipinski definition) is 4. The van der Waals surface area contributed by atoms with Crippen molar-refractivity contribution in [2.45, 2.75) is 33.6 Å². The largest absolute Gasteiger partial charge is 0.462 e. The Balaban J connectivity index is 2.06. The van der Waals surface area contributed by atoms with E-state index in [1.165, 1.54) is 0 Å². The van der Waals surface area contributed by atoms with Crippen LogP contribution in [-0.2, 0) is 4.74 Å². The van der Waals surface area contributed by atoms with E-state index in [0.717, 1.165) is 18.4 Å². The van der Waals surface area contributed by atoms with E-state index >= 15 is 0 Å². The molecule has 2 rings (SSSR count). The molecule has 0 radical (unpaired) electrons. The summed E-state index contributed by atoms with van der Waals surface area (Å²) >= 11 is 0. The van der Waals surface area contributed by atoms with Gasteiger partial charge in [0, 0.05) is 0 Å². The smallest absolute Gasteiger partial charge is 0.344 e. The molecule has 0 spiro atoms. The molecule has 4 nitrogen and oxygen atoms in total. The molecule has 0 amide bonds. The van der Waals surface area contributed by atoms with Crippen LogP contribution >= 0.6 is 0 Å². The fourth-order valence-electron chi connectivity index (χ4n) is 2.41. The molecule has 0 aromatic heterocycles. The highest BCUT2D eigenvalue weighted by molar-refractivity contribution is 6.03. The topological polar surface area (TPSA) is 52.6 Å². The number of aryl methyl sites for hydroxylation is 1. The minimum Gasteiger partial charge on any atom is -0.462 e. The van der Waals surface area contributed by atoms with E-state index in [-0.39, 0.29) is 11.1 Å². The maximum atomic E-state index is 12.4. The van der Waals surface area contributed by atoms with E-state index in [2.05, 4.69) is 13.8 Å². The van der Waals surface area contributed by atoms with Crippen molar-refractivity contribution >= 4 is 11.9 Å². The summed E-state index contributed by atoms with van der Waals surface area (Å²) in [5.41, 5.74) is 1.42. The summed E-state index contributed by atoms with van der Waals surface area (Å²) in [6, 6.07) is 13.8. The Bertz CT molecular complexity index is 734. The number of carbonyl (C=O) groups is 2. The molecule has 0 unspecified atom stereocenters. The average Bonchev–Trinajstić information content (AvgIpc) is 2.58. The highest BCUT2D eigenvalue weighted by atomic mass is 16.5. The summed E-state index contributed by atoms with van der Waals surface area (Å²) < 4.78 is 10.7. The molecule has 0 aliphatic rings. The Labute approximate surface area is 148 Å². The summed E-state index contributed by atoms with van der Waals surface area (Å²) in [5, 5.41) is 0. The summed E-state index contributed by atoms with van der Waals surface area (Å²) in [7, 11) is 0. The number of ether oxygens (including phenoxy) is 2. The number of rotatable bonds is 7. The predicted molar refractivity (Wildman–Crippen MR) is 96.9 cm³/mol. The maximum Gasteiger partial charge on any atom is 0.344 e. The number of carbonyl (C=O) groups excluding carboxylic acids is 2. The van der Waals surface area contributed by atoms with Crippen LogP contribution in [0.4, 0.5) is 0 Å².